The Labute approximate surface area is 124 Å². The van der Waals surface area contributed by atoms with E-state index in [1.165, 1.54) is 16.7 Å². The van der Waals surface area contributed by atoms with Crippen molar-refractivity contribution in [3.05, 3.63) is 46.6 Å². The summed E-state index contributed by atoms with van der Waals surface area (Å²) < 4.78 is 0.594. The average molecular weight is 307 g/mol. The number of likely N-dealkylation sites (N-methyl/N-ethyl adjacent to an activating group) is 1. The van der Waals surface area contributed by atoms with Crippen molar-refractivity contribution in [3.8, 4) is 0 Å². The van der Waals surface area contributed by atoms with Gasteiger partial charge in [-0.2, -0.15) is 0 Å². The lowest BCUT2D eigenvalue weighted by molar-refractivity contribution is -0.121. The first-order valence-corrected chi connectivity index (χ1v) is 7.55. The zero-order chi connectivity index (χ0) is 13.4. The highest BCUT2D eigenvalue weighted by Gasteiger charge is 2.30. The smallest absolute Gasteiger partial charge is 0.266 e. The van der Waals surface area contributed by atoms with Gasteiger partial charge in [0.15, 0.2) is 5.13 Å². The molecule has 3 heterocycles. The highest BCUT2D eigenvalue weighted by Crippen LogP contribution is 2.34. The summed E-state index contributed by atoms with van der Waals surface area (Å²) in [4.78, 5) is 20.3. The number of thioether (sulfide) groups is 1. The van der Waals surface area contributed by atoms with Gasteiger partial charge in [-0.1, -0.05) is 24.0 Å². The van der Waals surface area contributed by atoms with E-state index in [1.807, 2.05) is 34.8 Å². The number of thiocarbonyl (C=S) groups is 1. The Hall–Kier alpha value is -1.44. The number of rotatable bonds is 1. The minimum atomic E-state index is -0.0398. The topological polar surface area (TPSA) is 36.4 Å². The van der Waals surface area contributed by atoms with Gasteiger partial charge in [-0.05, 0) is 17.7 Å². The summed E-state index contributed by atoms with van der Waals surface area (Å²) in [5.74, 6) is -0.0398. The van der Waals surface area contributed by atoms with Gasteiger partial charge < -0.3 is 4.90 Å². The van der Waals surface area contributed by atoms with E-state index in [-0.39, 0.29) is 5.91 Å². The van der Waals surface area contributed by atoms with Crippen LogP contribution in [0.1, 0.15) is 0 Å². The second-order valence-corrected chi connectivity index (χ2v) is 6.39. The second-order valence-electron chi connectivity index (χ2n) is 3.87. The quantitative estimate of drug-likeness (QED) is 0.589. The van der Waals surface area contributed by atoms with E-state index in [1.54, 1.807) is 24.6 Å². The van der Waals surface area contributed by atoms with E-state index in [4.69, 9.17) is 12.2 Å². The van der Waals surface area contributed by atoms with Crippen LogP contribution in [0.15, 0.2) is 46.6 Å². The fourth-order valence-electron chi connectivity index (χ4n) is 1.67. The Balaban J connectivity index is 1.88. The maximum atomic E-state index is 12.0. The van der Waals surface area contributed by atoms with Crippen LogP contribution >= 0.6 is 35.3 Å². The van der Waals surface area contributed by atoms with E-state index in [9.17, 15) is 4.79 Å². The molecule has 3 rings (SSSR count). The Morgan fingerprint density at radius 2 is 2.05 bits per heavy atom. The fourth-order valence-corrected chi connectivity index (χ4v) is 3.48. The van der Waals surface area contributed by atoms with Gasteiger partial charge in [0.2, 0.25) is 0 Å². The maximum absolute atomic E-state index is 12.0. The van der Waals surface area contributed by atoms with Gasteiger partial charge >= 0.3 is 0 Å². The van der Waals surface area contributed by atoms with Crippen LogP contribution in [-0.2, 0) is 4.79 Å². The van der Waals surface area contributed by atoms with Gasteiger partial charge in [0.1, 0.15) is 4.32 Å². The van der Waals surface area contributed by atoms with E-state index in [2.05, 4.69) is 4.98 Å². The molecule has 0 N–H and O–H groups in total. The van der Waals surface area contributed by atoms with Crippen LogP contribution in [0.2, 0.25) is 0 Å². The van der Waals surface area contributed by atoms with Gasteiger partial charge in [0, 0.05) is 31.0 Å². The summed E-state index contributed by atoms with van der Waals surface area (Å²) in [6, 6.07) is 0. The SMILES string of the molecule is CN1C(=O)C(=C2C=CN(c3nccs3)C=C2)SC1=S. The molecule has 1 fully saturated rings. The van der Waals surface area contributed by atoms with Gasteiger partial charge in [-0.15, -0.1) is 11.3 Å². The van der Waals surface area contributed by atoms with E-state index < -0.39 is 0 Å². The van der Waals surface area contributed by atoms with Crippen molar-refractivity contribution < 1.29 is 4.79 Å². The van der Waals surface area contributed by atoms with Crippen LogP contribution in [0.25, 0.3) is 0 Å². The molecule has 0 radical (unpaired) electrons. The molecule has 0 atom stereocenters. The van der Waals surface area contributed by atoms with Crippen LogP contribution in [0.3, 0.4) is 0 Å². The number of aromatic nitrogens is 1. The molecule has 7 heteroatoms. The molecule has 2 aliphatic rings. The Kier molecular flexibility index (Phi) is 3.26. The van der Waals surface area contributed by atoms with Crippen LogP contribution in [0.5, 0.6) is 0 Å². The molecule has 19 heavy (non-hydrogen) atoms. The Bertz CT molecular complexity index is 615. The monoisotopic (exact) mass is 307 g/mol. The number of hydrogen-bond donors (Lipinski definition) is 0. The first kappa shape index (κ1) is 12.6. The molecule has 0 aromatic carbocycles. The van der Waals surface area contributed by atoms with Gasteiger partial charge in [0.05, 0.1) is 4.91 Å². The first-order chi connectivity index (χ1) is 9.16. The van der Waals surface area contributed by atoms with E-state index in [0.717, 1.165) is 10.7 Å². The lowest BCUT2D eigenvalue weighted by Crippen LogP contribution is -2.22. The lowest BCUT2D eigenvalue weighted by atomic mass is 10.2. The number of carbonyl (C=O) groups excluding carboxylic acids is 1. The third-order valence-corrected chi connectivity index (χ3v) is 5.07. The molecular formula is C12H9N3OS3. The molecule has 1 saturated heterocycles. The predicted octanol–water partition coefficient (Wildman–Crippen LogP) is 2.73. The summed E-state index contributed by atoms with van der Waals surface area (Å²) in [6.45, 7) is 0. The zero-order valence-corrected chi connectivity index (χ0v) is 12.4. The Morgan fingerprint density at radius 1 is 1.32 bits per heavy atom. The van der Waals surface area contributed by atoms with Crippen LogP contribution in [0, 0.1) is 0 Å². The number of amides is 1. The molecule has 96 valence electrons. The normalized spacial score (nSPS) is 19.0. The molecule has 0 saturated carbocycles. The minimum absolute atomic E-state index is 0.0398. The molecule has 1 aromatic heterocycles. The third kappa shape index (κ3) is 2.24. The van der Waals surface area contributed by atoms with Crippen LogP contribution < -0.4 is 4.90 Å². The van der Waals surface area contributed by atoms with Crippen molar-refractivity contribution in [2.24, 2.45) is 0 Å². The van der Waals surface area contributed by atoms with Crippen LogP contribution in [0.4, 0.5) is 5.13 Å². The summed E-state index contributed by atoms with van der Waals surface area (Å²) in [5.41, 5.74) is 0.884. The second kappa shape index (κ2) is 4.92. The largest absolute Gasteiger partial charge is 0.300 e. The van der Waals surface area contributed by atoms with Crippen molar-refractivity contribution in [2.75, 3.05) is 11.9 Å². The molecule has 4 nitrogen and oxygen atoms in total. The minimum Gasteiger partial charge on any atom is -0.300 e. The fraction of sp³-hybridized carbons (Fsp3) is 0.0833. The molecule has 2 aliphatic heterocycles. The molecule has 0 bridgehead atoms. The highest BCUT2D eigenvalue weighted by atomic mass is 32.2. The molecule has 0 aliphatic carbocycles. The van der Waals surface area contributed by atoms with E-state index in [0.29, 0.717) is 9.23 Å². The highest BCUT2D eigenvalue weighted by molar-refractivity contribution is 8.26. The molecule has 0 unspecified atom stereocenters. The molecule has 1 amide bonds. The van der Waals surface area contributed by atoms with E-state index >= 15 is 0 Å². The average Bonchev–Trinajstić information content (AvgIpc) is 3.04. The van der Waals surface area contributed by atoms with Crippen molar-refractivity contribution in [1.29, 1.82) is 0 Å². The molecule has 0 spiro atoms. The van der Waals surface area contributed by atoms with Crippen LogP contribution in [-0.4, -0.2) is 27.2 Å². The van der Waals surface area contributed by atoms with Crippen molar-refractivity contribution in [1.82, 2.24) is 9.88 Å². The first-order valence-electron chi connectivity index (χ1n) is 5.45. The standard InChI is InChI=1S/C12H9N3OS3/c1-14-10(16)9(19-12(14)17)8-2-5-15(6-3-8)11-13-4-7-18-11/h2-7H,1H3. The summed E-state index contributed by atoms with van der Waals surface area (Å²) >= 11 is 8.02. The number of nitrogens with zero attached hydrogens (tertiary/aromatic N) is 3. The van der Waals surface area contributed by atoms with Gasteiger partial charge in [-0.3, -0.25) is 9.69 Å². The number of thiazole rings is 1. The number of anilines is 1. The molecular weight excluding hydrogens is 298 g/mol. The predicted molar refractivity (Wildman–Crippen MR) is 82.9 cm³/mol. The van der Waals surface area contributed by atoms with Crippen molar-refractivity contribution in [3.63, 3.8) is 0 Å². The van der Waals surface area contributed by atoms with Gasteiger partial charge in [0.25, 0.3) is 5.91 Å². The third-order valence-electron chi connectivity index (χ3n) is 2.69. The molecule has 1 aromatic rings. The number of hydrogen-bond acceptors (Lipinski definition) is 6. The lowest BCUT2D eigenvalue weighted by Gasteiger charge is -2.15. The summed E-state index contributed by atoms with van der Waals surface area (Å²) in [6.07, 6.45) is 9.37. The van der Waals surface area contributed by atoms with Crippen molar-refractivity contribution in [2.45, 2.75) is 0 Å². The summed E-state index contributed by atoms with van der Waals surface area (Å²) in [5, 5.41) is 2.82. The zero-order valence-electron chi connectivity index (χ0n) is 9.94. The number of carbonyl (C=O) groups is 1. The van der Waals surface area contributed by atoms with Gasteiger partial charge in [-0.25, -0.2) is 4.98 Å². The Morgan fingerprint density at radius 3 is 2.58 bits per heavy atom. The summed E-state index contributed by atoms with van der Waals surface area (Å²) in [7, 11) is 1.70. The maximum Gasteiger partial charge on any atom is 0.266 e. The number of allylic oxidation sites excluding steroid dienone is 3. The van der Waals surface area contributed by atoms with Crippen molar-refractivity contribution >= 4 is 50.7 Å².